The maximum absolute atomic E-state index is 12.6. The molecule has 0 N–H and O–H groups in total. The van der Waals surface area contributed by atoms with Gasteiger partial charge in [-0.25, -0.2) is 0 Å². The van der Waals surface area contributed by atoms with E-state index in [9.17, 15) is 9.59 Å². The van der Waals surface area contributed by atoms with Crippen LogP contribution in [0, 0.1) is 0 Å². The van der Waals surface area contributed by atoms with Crippen LogP contribution in [0.4, 0.5) is 5.69 Å². The van der Waals surface area contributed by atoms with Crippen molar-refractivity contribution >= 4 is 29.1 Å². The predicted octanol–water partition coefficient (Wildman–Crippen LogP) is 1.70. The highest BCUT2D eigenvalue weighted by Gasteiger charge is 2.31. The number of halogens is 1. The van der Waals surface area contributed by atoms with Gasteiger partial charge in [-0.1, -0.05) is 11.6 Å². The molecule has 23 heavy (non-hydrogen) atoms. The predicted molar refractivity (Wildman–Crippen MR) is 85.9 cm³/mol. The Bertz CT molecular complexity index is 627. The average molecular weight is 339 g/mol. The van der Waals surface area contributed by atoms with Crippen LogP contribution in [-0.2, 0) is 14.3 Å². The fourth-order valence-corrected chi connectivity index (χ4v) is 3.13. The van der Waals surface area contributed by atoms with E-state index in [2.05, 4.69) is 0 Å². The summed E-state index contributed by atoms with van der Waals surface area (Å²) in [5.74, 6) is 0.209. The Labute approximate surface area is 139 Å². The Hall–Kier alpha value is -1.79. The Kier molecular flexibility index (Phi) is 4.46. The number of hydrogen-bond donors (Lipinski definition) is 0. The summed E-state index contributed by atoms with van der Waals surface area (Å²) in [6, 6.07) is 5.05. The van der Waals surface area contributed by atoms with Crippen LogP contribution in [0.3, 0.4) is 0 Å². The van der Waals surface area contributed by atoms with Gasteiger partial charge in [0.05, 0.1) is 17.9 Å². The number of nitrogens with zero attached hydrogens (tertiary/aromatic N) is 2. The van der Waals surface area contributed by atoms with Gasteiger partial charge in [-0.05, 0) is 32.0 Å². The van der Waals surface area contributed by atoms with Crippen molar-refractivity contribution in [2.45, 2.75) is 26.1 Å². The van der Waals surface area contributed by atoms with Crippen molar-refractivity contribution in [2.24, 2.45) is 0 Å². The van der Waals surface area contributed by atoms with Crippen molar-refractivity contribution in [3.8, 4) is 5.75 Å². The lowest BCUT2D eigenvalue weighted by Gasteiger charge is -2.37. The number of anilines is 1. The van der Waals surface area contributed by atoms with Crippen LogP contribution < -0.4 is 9.64 Å². The second-order valence-corrected chi connectivity index (χ2v) is 6.37. The summed E-state index contributed by atoms with van der Waals surface area (Å²) in [6.45, 7) is 4.84. The van der Waals surface area contributed by atoms with Gasteiger partial charge in [0.2, 0.25) is 5.91 Å². The lowest BCUT2D eigenvalue weighted by atomic mass is 10.2. The fraction of sp³-hybridized carbons (Fsp3) is 0.500. The summed E-state index contributed by atoms with van der Waals surface area (Å²) in [5.41, 5.74) is 0.538. The van der Waals surface area contributed by atoms with Crippen LogP contribution in [-0.4, -0.2) is 55.2 Å². The molecule has 1 fully saturated rings. The molecular weight excluding hydrogens is 320 g/mol. The molecule has 3 rings (SSSR count). The number of rotatable bonds is 2. The van der Waals surface area contributed by atoms with Gasteiger partial charge in [-0.2, -0.15) is 0 Å². The minimum Gasteiger partial charge on any atom is -0.482 e. The third-order valence-electron chi connectivity index (χ3n) is 3.93. The van der Waals surface area contributed by atoms with Crippen molar-refractivity contribution in [1.82, 2.24) is 4.90 Å². The molecule has 1 aromatic carbocycles. The molecule has 0 radical (unpaired) electrons. The molecule has 6 nitrogen and oxygen atoms in total. The number of amides is 2. The Morgan fingerprint density at radius 1 is 1.30 bits per heavy atom. The highest BCUT2D eigenvalue weighted by atomic mass is 35.5. The van der Waals surface area contributed by atoms with Gasteiger partial charge in [-0.3, -0.25) is 14.5 Å². The van der Waals surface area contributed by atoms with E-state index in [0.717, 1.165) is 0 Å². The number of hydrogen-bond acceptors (Lipinski definition) is 4. The highest BCUT2D eigenvalue weighted by Crippen LogP contribution is 2.34. The largest absolute Gasteiger partial charge is 0.482 e. The molecule has 1 saturated heterocycles. The first-order valence-electron chi connectivity index (χ1n) is 7.60. The summed E-state index contributed by atoms with van der Waals surface area (Å²) in [6.07, 6.45) is -0.0188. The van der Waals surface area contributed by atoms with Crippen molar-refractivity contribution in [2.75, 3.05) is 31.1 Å². The van der Waals surface area contributed by atoms with Crippen LogP contribution in [0.1, 0.15) is 13.8 Å². The molecule has 7 heteroatoms. The number of morpholine rings is 1. The van der Waals surface area contributed by atoms with Crippen LogP contribution in [0.25, 0.3) is 0 Å². The summed E-state index contributed by atoms with van der Waals surface area (Å²) >= 11 is 6.01. The van der Waals surface area contributed by atoms with E-state index in [-0.39, 0.29) is 37.2 Å². The van der Waals surface area contributed by atoms with Crippen LogP contribution in [0.2, 0.25) is 5.02 Å². The van der Waals surface area contributed by atoms with Crippen LogP contribution in [0.15, 0.2) is 18.2 Å². The fourth-order valence-electron chi connectivity index (χ4n) is 2.97. The summed E-state index contributed by atoms with van der Waals surface area (Å²) in [5, 5.41) is 0.494. The van der Waals surface area contributed by atoms with E-state index in [1.165, 1.54) is 4.90 Å². The molecule has 2 atom stereocenters. The second-order valence-electron chi connectivity index (χ2n) is 5.94. The van der Waals surface area contributed by atoms with Gasteiger partial charge in [-0.15, -0.1) is 0 Å². The number of fused-ring (bicyclic) bond motifs is 1. The molecule has 0 spiro atoms. The van der Waals surface area contributed by atoms with Crippen molar-refractivity contribution < 1.29 is 19.1 Å². The molecule has 0 unspecified atom stereocenters. The van der Waals surface area contributed by atoms with Crippen LogP contribution in [0.5, 0.6) is 5.75 Å². The molecule has 2 aliphatic rings. The lowest BCUT2D eigenvalue weighted by molar-refractivity contribution is -0.142. The Morgan fingerprint density at radius 3 is 2.70 bits per heavy atom. The lowest BCUT2D eigenvalue weighted by Crippen LogP contribution is -2.52. The summed E-state index contributed by atoms with van der Waals surface area (Å²) in [7, 11) is 0. The van der Waals surface area contributed by atoms with E-state index in [4.69, 9.17) is 21.1 Å². The molecule has 0 aliphatic carbocycles. The molecule has 1 aromatic rings. The zero-order valence-electron chi connectivity index (χ0n) is 13.1. The number of carbonyl (C=O) groups is 2. The Morgan fingerprint density at radius 2 is 2.00 bits per heavy atom. The minimum absolute atomic E-state index is 0.00942. The number of carbonyl (C=O) groups excluding carboxylic acids is 2. The van der Waals surface area contributed by atoms with E-state index < -0.39 is 0 Å². The Balaban J connectivity index is 1.78. The molecule has 2 amide bonds. The molecule has 0 bridgehead atoms. The third kappa shape index (κ3) is 3.43. The maximum Gasteiger partial charge on any atom is 0.265 e. The standard InChI is InChI=1S/C16H19ClN2O4/c1-10-6-18(7-11(2)23-10)15(20)8-19-13-5-12(17)3-4-14(13)22-9-16(19)21/h3-5,10-11H,6-9H2,1-2H3/t10-,11+. The first-order chi connectivity index (χ1) is 10.9. The maximum atomic E-state index is 12.6. The summed E-state index contributed by atoms with van der Waals surface area (Å²) in [4.78, 5) is 28.0. The first kappa shape index (κ1) is 16.1. The summed E-state index contributed by atoms with van der Waals surface area (Å²) < 4.78 is 11.0. The van der Waals surface area contributed by atoms with E-state index in [1.54, 1.807) is 23.1 Å². The molecule has 2 heterocycles. The minimum atomic E-state index is -0.248. The SMILES string of the molecule is C[C@@H]1CN(C(=O)CN2C(=O)COc3ccc(Cl)cc32)C[C@H](C)O1. The highest BCUT2D eigenvalue weighted by molar-refractivity contribution is 6.31. The van der Waals surface area contributed by atoms with Gasteiger partial charge < -0.3 is 14.4 Å². The monoisotopic (exact) mass is 338 g/mol. The van der Waals surface area contributed by atoms with Gasteiger partial charge in [0.1, 0.15) is 12.3 Å². The normalized spacial score (nSPS) is 24.2. The number of benzene rings is 1. The third-order valence-corrected chi connectivity index (χ3v) is 4.16. The molecule has 124 valence electrons. The van der Waals surface area contributed by atoms with Gasteiger partial charge >= 0.3 is 0 Å². The number of ether oxygens (including phenoxy) is 2. The average Bonchev–Trinajstić information content (AvgIpc) is 2.49. The smallest absolute Gasteiger partial charge is 0.265 e. The van der Waals surface area contributed by atoms with E-state index >= 15 is 0 Å². The van der Waals surface area contributed by atoms with Crippen molar-refractivity contribution in [3.63, 3.8) is 0 Å². The van der Waals surface area contributed by atoms with Crippen molar-refractivity contribution in [1.29, 1.82) is 0 Å². The van der Waals surface area contributed by atoms with E-state index in [0.29, 0.717) is 29.5 Å². The molecular formula is C16H19ClN2O4. The molecule has 0 aromatic heterocycles. The molecule has 0 saturated carbocycles. The molecule has 2 aliphatic heterocycles. The van der Waals surface area contributed by atoms with Gasteiger partial charge in [0.15, 0.2) is 6.61 Å². The van der Waals surface area contributed by atoms with E-state index in [1.807, 2.05) is 13.8 Å². The zero-order valence-corrected chi connectivity index (χ0v) is 13.9. The topological polar surface area (TPSA) is 59.1 Å². The first-order valence-corrected chi connectivity index (χ1v) is 7.98. The van der Waals surface area contributed by atoms with Gasteiger partial charge in [0.25, 0.3) is 5.91 Å². The van der Waals surface area contributed by atoms with Crippen molar-refractivity contribution in [3.05, 3.63) is 23.2 Å². The van der Waals surface area contributed by atoms with Crippen LogP contribution >= 0.6 is 11.6 Å². The zero-order chi connectivity index (χ0) is 16.6. The quantitative estimate of drug-likeness (QED) is 0.823. The second kappa shape index (κ2) is 6.37. The van der Waals surface area contributed by atoms with Gasteiger partial charge in [0, 0.05) is 18.1 Å².